The fourth-order valence-corrected chi connectivity index (χ4v) is 4.14. The van der Waals surface area contributed by atoms with Crippen LogP contribution < -0.4 is 10.0 Å². The summed E-state index contributed by atoms with van der Waals surface area (Å²) in [6.07, 6.45) is 0.699. The van der Waals surface area contributed by atoms with E-state index in [1.54, 1.807) is 25.1 Å². The molecule has 0 bridgehead atoms. The smallest absolute Gasteiger partial charge is 0.322 e. The van der Waals surface area contributed by atoms with Crippen LogP contribution in [-0.4, -0.2) is 37.2 Å². The van der Waals surface area contributed by atoms with Gasteiger partial charge in [0.1, 0.15) is 6.04 Å². The summed E-state index contributed by atoms with van der Waals surface area (Å²) in [5.41, 5.74) is 2.40. The average Bonchev–Trinajstić information content (AvgIpc) is 2.67. The van der Waals surface area contributed by atoms with E-state index in [9.17, 15) is 23.1 Å². The van der Waals surface area contributed by atoms with Gasteiger partial charge in [-0.1, -0.05) is 61.5 Å². The number of carboxylic acid groups (broad SMARTS) is 1. The second-order valence-electron chi connectivity index (χ2n) is 6.79. The van der Waals surface area contributed by atoms with Gasteiger partial charge in [0, 0.05) is 6.54 Å². The molecule has 0 aliphatic heterocycles. The van der Waals surface area contributed by atoms with Gasteiger partial charge in [0.25, 0.3) is 0 Å². The Bertz CT molecular complexity index is 929. The number of carbonyl (C=O) groups is 2. The zero-order chi connectivity index (χ0) is 21.3. The maximum absolute atomic E-state index is 12.1. The van der Waals surface area contributed by atoms with E-state index in [1.807, 2.05) is 36.4 Å². The number of hydrogen-bond donors (Lipinski definition) is 3. The standard InChI is InChI=1S/C21H26N2O5S/c1-2-11-29(27,28)23-19(21(25)26)13-17-9-6-10-18(12-17)15-22-20(24)14-16-7-4-3-5-8-16/h3-10,12,19,23H,2,11,13-15H2,1H3,(H,22,24)(H,25,26). The average molecular weight is 419 g/mol. The van der Waals surface area contributed by atoms with Crippen molar-refractivity contribution in [3.05, 3.63) is 71.3 Å². The summed E-state index contributed by atoms with van der Waals surface area (Å²) < 4.78 is 26.1. The highest BCUT2D eigenvalue weighted by molar-refractivity contribution is 7.89. The van der Waals surface area contributed by atoms with Crippen molar-refractivity contribution in [2.24, 2.45) is 0 Å². The summed E-state index contributed by atoms with van der Waals surface area (Å²) in [6, 6.07) is 15.2. The highest BCUT2D eigenvalue weighted by atomic mass is 32.2. The number of aliphatic carboxylic acids is 1. The zero-order valence-corrected chi connectivity index (χ0v) is 17.1. The van der Waals surface area contributed by atoms with Crippen molar-refractivity contribution >= 4 is 21.9 Å². The number of carbonyl (C=O) groups excluding carboxylic acids is 1. The molecule has 0 spiro atoms. The minimum absolute atomic E-state index is 0.0179. The number of rotatable bonds is 11. The van der Waals surface area contributed by atoms with Gasteiger partial charge in [0.2, 0.25) is 15.9 Å². The number of benzene rings is 2. The fraction of sp³-hybridized carbons (Fsp3) is 0.333. The van der Waals surface area contributed by atoms with Crippen LogP contribution in [-0.2, 0) is 39.0 Å². The first-order chi connectivity index (χ1) is 13.8. The predicted octanol–water partition coefficient (Wildman–Crippen LogP) is 1.87. The van der Waals surface area contributed by atoms with E-state index in [2.05, 4.69) is 10.0 Å². The number of nitrogens with one attached hydrogen (secondary N) is 2. The SMILES string of the molecule is CCCS(=O)(=O)NC(Cc1cccc(CNC(=O)Cc2ccccc2)c1)C(=O)O. The molecule has 156 valence electrons. The molecule has 8 heteroatoms. The van der Waals surface area contributed by atoms with Gasteiger partial charge in [0.05, 0.1) is 12.2 Å². The molecule has 0 fully saturated rings. The third kappa shape index (κ3) is 8.05. The Balaban J connectivity index is 1.96. The van der Waals surface area contributed by atoms with Crippen LogP contribution in [0.3, 0.4) is 0 Å². The van der Waals surface area contributed by atoms with Gasteiger partial charge in [-0.15, -0.1) is 0 Å². The van der Waals surface area contributed by atoms with Gasteiger partial charge in [-0.2, -0.15) is 0 Å². The number of amides is 1. The van der Waals surface area contributed by atoms with Crippen LogP contribution in [0.1, 0.15) is 30.0 Å². The van der Waals surface area contributed by atoms with E-state index in [4.69, 9.17) is 0 Å². The lowest BCUT2D eigenvalue weighted by molar-refractivity contribution is -0.138. The quantitative estimate of drug-likeness (QED) is 0.516. The Morgan fingerprint density at radius 3 is 2.31 bits per heavy atom. The van der Waals surface area contributed by atoms with Crippen molar-refractivity contribution in [1.29, 1.82) is 0 Å². The Kier molecular flexibility index (Phi) is 8.35. The normalized spacial score (nSPS) is 12.3. The lowest BCUT2D eigenvalue weighted by Gasteiger charge is -2.15. The van der Waals surface area contributed by atoms with Crippen LogP contribution in [0.25, 0.3) is 0 Å². The predicted molar refractivity (Wildman–Crippen MR) is 111 cm³/mol. The highest BCUT2D eigenvalue weighted by Crippen LogP contribution is 2.10. The van der Waals surface area contributed by atoms with Crippen molar-refractivity contribution in [1.82, 2.24) is 10.0 Å². The Labute approximate surface area is 171 Å². The lowest BCUT2D eigenvalue weighted by Crippen LogP contribution is -2.43. The first-order valence-corrected chi connectivity index (χ1v) is 11.1. The topological polar surface area (TPSA) is 113 Å². The third-order valence-electron chi connectivity index (χ3n) is 4.22. The van der Waals surface area contributed by atoms with Gasteiger partial charge in [0.15, 0.2) is 0 Å². The molecule has 0 aromatic heterocycles. The van der Waals surface area contributed by atoms with Crippen molar-refractivity contribution in [2.75, 3.05) is 5.75 Å². The molecule has 0 radical (unpaired) electrons. The van der Waals surface area contributed by atoms with Crippen molar-refractivity contribution < 1.29 is 23.1 Å². The van der Waals surface area contributed by atoms with E-state index in [-0.39, 0.29) is 24.5 Å². The van der Waals surface area contributed by atoms with Crippen LogP contribution in [0, 0.1) is 0 Å². The molecule has 1 atom stereocenters. The van der Waals surface area contributed by atoms with E-state index >= 15 is 0 Å². The summed E-state index contributed by atoms with van der Waals surface area (Å²) in [4.78, 5) is 23.6. The number of hydrogen-bond acceptors (Lipinski definition) is 4. The molecule has 0 aliphatic carbocycles. The highest BCUT2D eigenvalue weighted by Gasteiger charge is 2.23. The Hall–Kier alpha value is -2.71. The molecule has 0 heterocycles. The van der Waals surface area contributed by atoms with E-state index in [0.717, 1.165) is 11.1 Å². The van der Waals surface area contributed by atoms with Gasteiger partial charge in [-0.05, 0) is 29.5 Å². The molecule has 2 aromatic carbocycles. The molecule has 3 N–H and O–H groups in total. The number of carboxylic acids is 1. The largest absolute Gasteiger partial charge is 0.480 e. The van der Waals surface area contributed by atoms with Crippen LogP contribution in [0.15, 0.2) is 54.6 Å². The van der Waals surface area contributed by atoms with Crippen LogP contribution in [0.2, 0.25) is 0 Å². The van der Waals surface area contributed by atoms with Crippen molar-refractivity contribution in [3.8, 4) is 0 Å². The first-order valence-electron chi connectivity index (χ1n) is 9.40. The van der Waals surface area contributed by atoms with Crippen LogP contribution in [0.4, 0.5) is 0 Å². The summed E-state index contributed by atoms with van der Waals surface area (Å²) in [5.74, 6) is -1.46. The van der Waals surface area contributed by atoms with Gasteiger partial charge in [-0.3, -0.25) is 9.59 Å². The summed E-state index contributed by atoms with van der Waals surface area (Å²) in [7, 11) is -3.65. The lowest BCUT2D eigenvalue weighted by atomic mass is 10.0. The van der Waals surface area contributed by atoms with Crippen LogP contribution >= 0.6 is 0 Å². The molecule has 0 aliphatic rings. The van der Waals surface area contributed by atoms with Gasteiger partial charge in [-0.25, -0.2) is 13.1 Å². The molecule has 7 nitrogen and oxygen atoms in total. The second-order valence-corrected chi connectivity index (χ2v) is 8.66. The molecular formula is C21H26N2O5S. The molecule has 0 saturated carbocycles. The second kappa shape index (κ2) is 10.7. The minimum Gasteiger partial charge on any atom is -0.480 e. The number of sulfonamides is 1. The van der Waals surface area contributed by atoms with Gasteiger partial charge >= 0.3 is 5.97 Å². The third-order valence-corrected chi connectivity index (χ3v) is 5.81. The first kappa shape index (κ1) is 22.6. The molecule has 2 rings (SSSR count). The fourth-order valence-electron chi connectivity index (χ4n) is 2.87. The minimum atomic E-state index is -3.65. The summed E-state index contributed by atoms with van der Waals surface area (Å²) in [6.45, 7) is 2.02. The molecule has 1 unspecified atom stereocenters. The Morgan fingerprint density at radius 1 is 1.00 bits per heavy atom. The van der Waals surface area contributed by atoms with E-state index in [0.29, 0.717) is 18.5 Å². The maximum Gasteiger partial charge on any atom is 0.322 e. The van der Waals surface area contributed by atoms with Crippen molar-refractivity contribution in [2.45, 2.75) is 38.8 Å². The van der Waals surface area contributed by atoms with E-state index in [1.165, 1.54) is 0 Å². The molecular weight excluding hydrogens is 392 g/mol. The monoisotopic (exact) mass is 418 g/mol. The maximum atomic E-state index is 12.1. The molecule has 1 amide bonds. The molecule has 29 heavy (non-hydrogen) atoms. The molecule has 2 aromatic rings. The Morgan fingerprint density at radius 2 is 1.66 bits per heavy atom. The van der Waals surface area contributed by atoms with E-state index < -0.39 is 22.0 Å². The van der Waals surface area contributed by atoms with Gasteiger partial charge < -0.3 is 10.4 Å². The summed E-state index contributed by atoms with van der Waals surface area (Å²) in [5, 5.41) is 12.2. The molecule has 0 saturated heterocycles. The van der Waals surface area contributed by atoms with Crippen molar-refractivity contribution in [3.63, 3.8) is 0 Å². The summed E-state index contributed by atoms with van der Waals surface area (Å²) >= 11 is 0. The zero-order valence-electron chi connectivity index (χ0n) is 16.3. The van der Waals surface area contributed by atoms with Crippen LogP contribution in [0.5, 0.6) is 0 Å².